The third-order valence-electron chi connectivity index (χ3n) is 4.55. The summed E-state index contributed by atoms with van der Waals surface area (Å²) in [5.74, 6) is 0.321. The van der Waals surface area contributed by atoms with Crippen LogP contribution in [0.5, 0.6) is 0 Å². The van der Waals surface area contributed by atoms with Crippen LogP contribution < -0.4 is 5.32 Å². The number of hydrogen-bond acceptors (Lipinski definition) is 5. The fraction of sp³-hybridized carbons (Fsp3) is 0.0870. The molecular weight excluding hydrogens is 362 g/mol. The van der Waals surface area contributed by atoms with Crippen molar-refractivity contribution < 1.29 is 4.79 Å². The Labute approximate surface area is 168 Å². The minimum atomic E-state index is -0.243. The van der Waals surface area contributed by atoms with Crippen molar-refractivity contribution in [3.05, 3.63) is 96.7 Å². The third kappa shape index (κ3) is 4.16. The van der Waals surface area contributed by atoms with E-state index in [9.17, 15) is 4.79 Å². The number of nitrogens with one attached hydrogen (secondary N) is 1. The summed E-state index contributed by atoms with van der Waals surface area (Å²) < 4.78 is 0. The zero-order valence-electron chi connectivity index (χ0n) is 15.9. The lowest BCUT2D eigenvalue weighted by Crippen LogP contribution is -2.27. The summed E-state index contributed by atoms with van der Waals surface area (Å²) in [5, 5.41) is 3.01. The maximum Gasteiger partial charge on any atom is 0.255 e. The summed E-state index contributed by atoms with van der Waals surface area (Å²) in [6.45, 7) is 1.92. The van der Waals surface area contributed by atoms with E-state index in [0.717, 1.165) is 16.7 Å². The Morgan fingerprint density at radius 3 is 2.38 bits per heavy atom. The van der Waals surface area contributed by atoms with E-state index in [1.165, 1.54) is 0 Å². The molecule has 0 spiro atoms. The fourth-order valence-electron chi connectivity index (χ4n) is 2.99. The van der Waals surface area contributed by atoms with E-state index < -0.39 is 0 Å². The predicted molar refractivity (Wildman–Crippen MR) is 111 cm³/mol. The van der Waals surface area contributed by atoms with Gasteiger partial charge in [0, 0.05) is 42.1 Å². The van der Waals surface area contributed by atoms with Crippen LogP contribution in [0, 0.1) is 0 Å². The number of pyridine rings is 2. The second-order valence-corrected chi connectivity index (χ2v) is 6.54. The summed E-state index contributed by atoms with van der Waals surface area (Å²) in [7, 11) is 0. The zero-order chi connectivity index (χ0) is 20.1. The number of carbonyl (C=O) groups excluding carboxylic acids is 1. The molecule has 1 aromatic carbocycles. The second kappa shape index (κ2) is 8.39. The molecule has 0 saturated heterocycles. The number of rotatable bonds is 5. The molecule has 0 fully saturated rings. The van der Waals surface area contributed by atoms with Gasteiger partial charge in [-0.05, 0) is 30.7 Å². The molecule has 0 aliphatic heterocycles. The molecule has 1 atom stereocenters. The Kier molecular flexibility index (Phi) is 5.33. The van der Waals surface area contributed by atoms with Gasteiger partial charge in [-0.3, -0.25) is 14.8 Å². The highest BCUT2D eigenvalue weighted by molar-refractivity contribution is 6.00. The molecule has 29 heavy (non-hydrogen) atoms. The molecule has 4 rings (SSSR count). The molecular formula is C23H19N5O. The third-order valence-corrected chi connectivity index (χ3v) is 4.55. The lowest BCUT2D eigenvalue weighted by Gasteiger charge is -2.16. The van der Waals surface area contributed by atoms with Crippen molar-refractivity contribution in [2.75, 3.05) is 0 Å². The molecule has 0 aliphatic carbocycles. The van der Waals surface area contributed by atoms with Gasteiger partial charge in [-0.25, -0.2) is 9.97 Å². The van der Waals surface area contributed by atoms with Crippen LogP contribution in [0.15, 0.2) is 85.6 Å². The van der Waals surface area contributed by atoms with Crippen molar-refractivity contribution in [2.24, 2.45) is 0 Å². The standard InChI is InChI=1S/C23H19N5O/c1-16(19-8-5-11-25-14-19)27-23(29)20-15-26-22(18-6-3-2-4-7-18)28-21(20)17-9-12-24-13-10-17/h2-16H,1H3,(H,27,29)/t16-/m1/s1. The number of carbonyl (C=O) groups is 1. The first-order valence-electron chi connectivity index (χ1n) is 9.26. The normalized spacial score (nSPS) is 11.6. The highest BCUT2D eigenvalue weighted by atomic mass is 16.1. The van der Waals surface area contributed by atoms with Crippen LogP contribution in [0.3, 0.4) is 0 Å². The Hall–Kier alpha value is -3.93. The monoisotopic (exact) mass is 381 g/mol. The molecule has 0 radical (unpaired) electrons. The predicted octanol–water partition coefficient (Wildman–Crippen LogP) is 4.09. The van der Waals surface area contributed by atoms with Crippen LogP contribution >= 0.6 is 0 Å². The largest absolute Gasteiger partial charge is 0.345 e. The maximum absolute atomic E-state index is 13.0. The summed E-state index contributed by atoms with van der Waals surface area (Å²) in [6.07, 6.45) is 8.38. The lowest BCUT2D eigenvalue weighted by molar-refractivity contribution is 0.0940. The van der Waals surface area contributed by atoms with Gasteiger partial charge in [-0.15, -0.1) is 0 Å². The first-order chi connectivity index (χ1) is 14.2. The molecule has 0 bridgehead atoms. The molecule has 0 saturated carbocycles. The Balaban J connectivity index is 1.71. The van der Waals surface area contributed by atoms with E-state index in [2.05, 4.69) is 20.3 Å². The number of hydrogen-bond donors (Lipinski definition) is 1. The van der Waals surface area contributed by atoms with E-state index in [1.54, 1.807) is 31.0 Å². The van der Waals surface area contributed by atoms with Crippen molar-refractivity contribution in [3.63, 3.8) is 0 Å². The van der Waals surface area contributed by atoms with Crippen LogP contribution in [0.4, 0.5) is 0 Å². The Bertz CT molecular complexity index is 1100. The van der Waals surface area contributed by atoms with Crippen molar-refractivity contribution in [1.29, 1.82) is 0 Å². The lowest BCUT2D eigenvalue weighted by atomic mass is 10.1. The molecule has 142 valence electrons. The number of amides is 1. The van der Waals surface area contributed by atoms with Crippen LogP contribution in [-0.2, 0) is 0 Å². The first kappa shape index (κ1) is 18.4. The molecule has 0 unspecified atom stereocenters. The summed E-state index contributed by atoms with van der Waals surface area (Å²) in [5.41, 5.74) is 3.59. The van der Waals surface area contributed by atoms with Gasteiger partial charge in [0.25, 0.3) is 5.91 Å². The minimum absolute atomic E-state index is 0.199. The summed E-state index contributed by atoms with van der Waals surface area (Å²) in [6, 6.07) is 16.9. The van der Waals surface area contributed by atoms with Gasteiger partial charge in [0.2, 0.25) is 0 Å². The van der Waals surface area contributed by atoms with E-state index in [0.29, 0.717) is 17.1 Å². The quantitative estimate of drug-likeness (QED) is 0.563. The minimum Gasteiger partial charge on any atom is -0.345 e. The Morgan fingerprint density at radius 2 is 1.66 bits per heavy atom. The highest BCUT2D eigenvalue weighted by Crippen LogP contribution is 2.25. The molecule has 6 nitrogen and oxygen atoms in total. The smallest absolute Gasteiger partial charge is 0.255 e. The molecule has 4 aromatic rings. The summed E-state index contributed by atoms with van der Waals surface area (Å²) >= 11 is 0. The van der Waals surface area contributed by atoms with E-state index in [4.69, 9.17) is 4.98 Å². The van der Waals surface area contributed by atoms with E-state index >= 15 is 0 Å². The van der Waals surface area contributed by atoms with Crippen molar-refractivity contribution in [1.82, 2.24) is 25.3 Å². The number of aromatic nitrogens is 4. The Morgan fingerprint density at radius 1 is 0.862 bits per heavy atom. The molecule has 3 aromatic heterocycles. The zero-order valence-corrected chi connectivity index (χ0v) is 15.9. The van der Waals surface area contributed by atoms with E-state index in [-0.39, 0.29) is 11.9 Å². The highest BCUT2D eigenvalue weighted by Gasteiger charge is 2.19. The van der Waals surface area contributed by atoms with Crippen LogP contribution in [0.25, 0.3) is 22.6 Å². The van der Waals surface area contributed by atoms with Crippen LogP contribution in [-0.4, -0.2) is 25.8 Å². The second-order valence-electron chi connectivity index (χ2n) is 6.54. The number of nitrogens with zero attached hydrogens (tertiary/aromatic N) is 4. The SMILES string of the molecule is C[C@@H](NC(=O)c1cnc(-c2ccccc2)nc1-c1ccncc1)c1cccnc1. The molecule has 0 aliphatic rings. The fourth-order valence-corrected chi connectivity index (χ4v) is 2.99. The van der Waals surface area contributed by atoms with Crippen molar-refractivity contribution >= 4 is 5.91 Å². The van der Waals surface area contributed by atoms with Gasteiger partial charge in [0.1, 0.15) is 0 Å². The topological polar surface area (TPSA) is 80.7 Å². The number of benzene rings is 1. The van der Waals surface area contributed by atoms with E-state index in [1.807, 2.05) is 61.5 Å². The van der Waals surface area contributed by atoms with Gasteiger partial charge >= 0.3 is 0 Å². The average molecular weight is 381 g/mol. The maximum atomic E-state index is 13.0. The van der Waals surface area contributed by atoms with Crippen molar-refractivity contribution in [2.45, 2.75) is 13.0 Å². The molecule has 1 N–H and O–H groups in total. The average Bonchev–Trinajstić information content (AvgIpc) is 2.80. The van der Waals surface area contributed by atoms with Crippen LogP contribution in [0.1, 0.15) is 28.9 Å². The van der Waals surface area contributed by atoms with Gasteiger partial charge < -0.3 is 5.32 Å². The van der Waals surface area contributed by atoms with Crippen molar-refractivity contribution in [3.8, 4) is 22.6 Å². The van der Waals surface area contributed by atoms with Gasteiger partial charge in [0.15, 0.2) is 5.82 Å². The first-order valence-corrected chi connectivity index (χ1v) is 9.26. The molecule has 1 amide bonds. The van der Waals surface area contributed by atoms with Gasteiger partial charge in [0.05, 0.1) is 17.3 Å². The summed E-state index contributed by atoms with van der Waals surface area (Å²) in [4.78, 5) is 30.4. The van der Waals surface area contributed by atoms with Gasteiger partial charge in [-0.1, -0.05) is 36.4 Å². The van der Waals surface area contributed by atoms with Crippen LogP contribution in [0.2, 0.25) is 0 Å². The molecule has 6 heteroatoms. The van der Waals surface area contributed by atoms with Gasteiger partial charge in [-0.2, -0.15) is 0 Å². The molecule has 3 heterocycles.